The first-order chi connectivity index (χ1) is 18.8. The molecular weight excluding hydrogens is 501 g/mol. The molecule has 1 saturated heterocycles. The summed E-state index contributed by atoms with van der Waals surface area (Å²) in [6.45, 7) is 8.20. The molecule has 1 aliphatic heterocycles. The van der Waals surface area contributed by atoms with Crippen molar-refractivity contribution in [2.75, 3.05) is 32.7 Å². The summed E-state index contributed by atoms with van der Waals surface area (Å²) in [7, 11) is 0. The molecule has 5 rings (SSSR count). The molecule has 0 bridgehead atoms. The number of hydrogen-bond donors (Lipinski definition) is 0. The number of benzene rings is 2. The van der Waals surface area contributed by atoms with E-state index in [2.05, 4.69) is 49.6 Å². The van der Waals surface area contributed by atoms with Gasteiger partial charge in [0.05, 0.1) is 17.3 Å². The molecule has 1 fully saturated rings. The van der Waals surface area contributed by atoms with E-state index in [1.807, 2.05) is 38.1 Å². The molecule has 0 saturated carbocycles. The van der Waals surface area contributed by atoms with Crippen molar-refractivity contribution in [2.45, 2.75) is 45.3 Å². The summed E-state index contributed by atoms with van der Waals surface area (Å²) in [6, 6.07) is 16.1. The number of rotatable bonds is 8. The molecule has 0 N–H and O–H groups in total. The first-order valence-corrected chi connectivity index (χ1v) is 13.6. The second-order valence-electron chi connectivity index (χ2n) is 10.5. The number of aryl methyl sites for hydroxylation is 3. The van der Waals surface area contributed by atoms with Gasteiger partial charge < -0.3 is 4.90 Å². The molecule has 2 aromatic carbocycles. The van der Waals surface area contributed by atoms with Gasteiger partial charge in [0.2, 0.25) is 0 Å². The number of hydrogen-bond acceptors (Lipinski definition) is 5. The summed E-state index contributed by atoms with van der Waals surface area (Å²) in [5.74, 6) is 0.188. The quantitative estimate of drug-likeness (QED) is 0.373. The van der Waals surface area contributed by atoms with E-state index < -0.39 is 17.7 Å². The second-order valence-corrected chi connectivity index (χ2v) is 10.5. The van der Waals surface area contributed by atoms with E-state index in [0.29, 0.717) is 12.2 Å². The standard InChI is InChI=1S/C30H35F3N6/c1-22-9-6-10-23(2)27(22)39-29(34-35-36-39)28(25-14-7-15-26(21-25)30(31,32)33)38-19-17-37(18-20-38)16-8-13-24-11-4-3-5-12-24/h3-7,9-12,15,21,25,28H,8,13-14,16-20H2,1-2H3/t25?,28-/m0/s1. The largest absolute Gasteiger partial charge is 0.416 e. The summed E-state index contributed by atoms with van der Waals surface area (Å²) in [4.78, 5) is 4.72. The smallest absolute Gasteiger partial charge is 0.301 e. The highest BCUT2D eigenvalue weighted by molar-refractivity contribution is 5.47. The molecule has 206 valence electrons. The molecule has 9 heteroatoms. The summed E-state index contributed by atoms with van der Waals surface area (Å²) >= 11 is 0. The van der Waals surface area contributed by atoms with Gasteiger partial charge in [0.25, 0.3) is 0 Å². The monoisotopic (exact) mass is 536 g/mol. The van der Waals surface area contributed by atoms with Crippen LogP contribution in [0.25, 0.3) is 5.69 Å². The first-order valence-electron chi connectivity index (χ1n) is 13.6. The van der Waals surface area contributed by atoms with Crippen molar-refractivity contribution in [3.63, 3.8) is 0 Å². The highest BCUT2D eigenvalue weighted by atomic mass is 19.4. The molecule has 2 atom stereocenters. The molecule has 3 aromatic rings. The number of halogens is 3. The van der Waals surface area contributed by atoms with Gasteiger partial charge in [-0.15, -0.1) is 5.10 Å². The minimum absolute atomic E-state index is 0.382. The topological polar surface area (TPSA) is 50.1 Å². The summed E-state index contributed by atoms with van der Waals surface area (Å²) in [5.41, 5.74) is 3.65. The van der Waals surface area contributed by atoms with Crippen LogP contribution in [-0.2, 0) is 6.42 Å². The van der Waals surface area contributed by atoms with Gasteiger partial charge >= 0.3 is 6.18 Å². The van der Waals surface area contributed by atoms with E-state index in [-0.39, 0.29) is 6.04 Å². The lowest BCUT2D eigenvalue weighted by Gasteiger charge is -2.41. The fourth-order valence-electron chi connectivity index (χ4n) is 5.84. The normalized spacial score (nSPS) is 19.7. The SMILES string of the molecule is Cc1cccc(C)c1-n1nnnc1[C@H](C1C=C(C(F)(F)F)C=CC1)N1CCN(CCCc2ccccc2)CC1. The number of para-hydroxylation sites is 1. The number of alkyl halides is 3. The molecule has 2 heterocycles. The van der Waals surface area contributed by atoms with Crippen LogP contribution in [0, 0.1) is 19.8 Å². The predicted octanol–water partition coefficient (Wildman–Crippen LogP) is 5.64. The third-order valence-electron chi connectivity index (χ3n) is 7.82. The minimum atomic E-state index is -4.39. The van der Waals surface area contributed by atoms with E-state index in [1.165, 1.54) is 17.7 Å². The van der Waals surface area contributed by atoms with Crippen LogP contribution in [0.2, 0.25) is 0 Å². The van der Waals surface area contributed by atoms with Crippen LogP contribution in [0.1, 0.15) is 41.4 Å². The Kier molecular flexibility index (Phi) is 8.28. The Bertz CT molecular complexity index is 1290. The van der Waals surface area contributed by atoms with Gasteiger partial charge in [0, 0.05) is 32.1 Å². The van der Waals surface area contributed by atoms with Crippen LogP contribution in [0.3, 0.4) is 0 Å². The number of tetrazole rings is 1. The van der Waals surface area contributed by atoms with E-state index >= 15 is 0 Å². The van der Waals surface area contributed by atoms with E-state index in [4.69, 9.17) is 0 Å². The lowest BCUT2D eigenvalue weighted by molar-refractivity contribution is -0.0892. The maximum Gasteiger partial charge on any atom is 0.416 e. The molecule has 0 amide bonds. The average molecular weight is 537 g/mol. The highest BCUT2D eigenvalue weighted by Gasteiger charge is 2.39. The third kappa shape index (κ3) is 6.31. The third-order valence-corrected chi connectivity index (χ3v) is 7.82. The van der Waals surface area contributed by atoms with Crippen molar-refractivity contribution < 1.29 is 13.2 Å². The molecule has 1 unspecified atom stereocenters. The van der Waals surface area contributed by atoms with Crippen LogP contribution in [0.4, 0.5) is 13.2 Å². The van der Waals surface area contributed by atoms with Gasteiger partial charge in [-0.2, -0.15) is 17.9 Å². The average Bonchev–Trinajstić information content (AvgIpc) is 3.39. The predicted molar refractivity (Wildman–Crippen MR) is 146 cm³/mol. The summed E-state index contributed by atoms with van der Waals surface area (Å²) < 4.78 is 42.9. The Morgan fingerprint density at radius 1 is 0.949 bits per heavy atom. The van der Waals surface area contributed by atoms with Crippen molar-refractivity contribution in [2.24, 2.45) is 5.92 Å². The summed E-state index contributed by atoms with van der Waals surface area (Å²) in [6.07, 6.45) is 2.41. The van der Waals surface area contributed by atoms with E-state index in [9.17, 15) is 13.2 Å². The van der Waals surface area contributed by atoms with Crippen LogP contribution in [0.5, 0.6) is 0 Å². The number of aromatic nitrogens is 4. The van der Waals surface area contributed by atoms with Gasteiger partial charge in [-0.05, 0) is 66.8 Å². The zero-order valence-electron chi connectivity index (χ0n) is 22.5. The van der Waals surface area contributed by atoms with Gasteiger partial charge in [0.15, 0.2) is 5.82 Å². The zero-order chi connectivity index (χ0) is 27.4. The maximum absolute atomic E-state index is 13.7. The minimum Gasteiger partial charge on any atom is -0.301 e. The Morgan fingerprint density at radius 3 is 2.36 bits per heavy atom. The molecule has 0 spiro atoms. The molecule has 1 aliphatic carbocycles. The van der Waals surface area contributed by atoms with Crippen molar-refractivity contribution in [1.82, 2.24) is 30.0 Å². The van der Waals surface area contributed by atoms with Gasteiger partial charge in [0.1, 0.15) is 0 Å². The van der Waals surface area contributed by atoms with E-state index in [1.54, 1.807) is 10.8 Å². The van der Waals surface area contributed by atoms with Crippen LogP contribution in [-0.4, -0.2) is 68.9 Å². The first kappa shape index (κ1) is 27.3. The van der Waals surface area contributed by atoms with Crippen molar-refractivity contribution in [3.8, 4) is 5.69 Å². The number of piperazine rings is 1. The van der Waals surface area contributed by atoms with Crippen LogP contribution < -0.4 is 0 Å². The Morgan fingerprint density at radius 2 is 1.67 bits per heavy atom. The summed E-state index contributed by atoms with van der Waals surface area (Å²) in [5, 5.41) is 12.8. The molecule has 39 heavy (non-hydrogen) atoms. The number of allylic oxidation sites excluding steroid dienone is 3. The maximum atomic E-state index is 13.7. The van der Waals surface area contributed by atoms with Crippen molar-refractivity contribution >= 4 is 0 Å². The lowest BCUT2D eigenvalue weighted by Crippen LogP contribution is -2.49. The fourth-order valence-corrected chi connectivity index (χ4v) is 5.84. The fraction of sp³-hybridized carbons (Fsp3) is 0.433. The Hall–Kier alpha value is -3.30. The van der Waals surface area contributed by atoms with Gasteiger partial charge in [-0.3, -0.25) is 4.90 Å². The highest BCUT2D eigenvalue weighted by Crippen LogP contribution is 2.39. The molecular formula is C30H35F3N6. The Balaban J connectivity index is 1.38. The molecule has 6 nitrogen and oxygen atoms in total. The van der Waals surface area contributed by atoms with Gasteiger partial charge in [-0.1, -0.05) is 66.8 Å². The zero-order valence-corrected chi connectivity index (χ0v) is 22.5. The van der Waals surface area contributed by atoms with Crippen LogP contribution >= 0.6 is 0 Å². The second kappa shape index (κ2) is 11.8. The van der Waals surface area contributed by atoms with Crippen molar-refractivity contribution in [3.05, 3.63) is 94.8 Å². The van der Waals surface area contributed by atoms with E-state index in [0.717, 1.165) is 62.4 Å². The molecule has 1 aromatic heterocycles. The van der Waals surface area contributed by atoms with Gasteiger partial charge in [-0.25, -0.2) is 0 Å². The van der Waals surface area contributed by atoms with Crippen LogP contribution in [0.15, 0.2) is 72.3 Å². The lowest BCUT2D eigenvalue weighted by atomic mass is 9.87. The number of nitrogens with zero attached hydrogens (tertiary/aromatic N) is 6. The molecule has 2 aliphatic rings. The van der Waals surface area contributed by atoms with Crippen molar-refractivity contribution in [1.29, 1.82) is 0 Å². The molecule has 0 radical (unpaired) electrons. The Labute approximate surface area is 227 Å².